The molecule has 1 aliphatic heterocycles. The first-order chi connectivity index (χ1) is 13.8. The van der Waals surface area contributed by atoms with Crippen molar-refractivity contribution < 1.29 is 17.6 Å². The zero-order valence-electron chi connectivity index (χ0n) is 15.8. The van der Waals surface area contributed by atoms with Crippen molar-refractivity contribution in [2.75, 3.05) is 10.8 Å². The number of halogens is 4. The minimum absolute atomic E-state index is 0.354. The van der Waals surface area contributed by atoms with Crippen LogP contribution in [0.2, 0.25) is 0 Å². The van der Waals surface area contributed by atoms with Gasteiger partial charge in [-0.3, -0.25) is 0 Å². The second kappa shape index (κ2) is 7.75. The number of aryl methyl sites for hydroxylation is 2. The maximum Gasteiger partial charge on any atom is 0.419 e. The van der Waals surface area contributed by atoms with Crippen LogP contribution in [0.4, 0.5) is 23.2 Å². The summed E-state index contributed by atoms with van der Waals surface area (Å²) in [5, 5.41) is 0. The van der Waals surface area contributed by atoms with Gasteiger partial charge in [-0.2, -0.15) is 13.2 Å². The predicted molar refractivity (Wildman–Crippen MR) is 110 cm³/mol. The SMILES string of the molecule is Cc1cccc(SN2CCCc3ccc(-c4ccc(F)c(C(F)(F)F)c4)cc32)c1. The Bertz CT molecular complexity index is 1050. The monoisotopic (exact) mass is 417 g/mol. The first kappa shape index (κ1) is 19.8. The molecule has 6 heteroatoms. The molecule has 0 fully saturated rings. The van der Waals surface area contributed by atoms with Crippen molar-refractivity contribution in [1.29, 1.82) is 0 Å². The van der Waals surface area contributed by atoms with Gasteiger partial charge in [0.15, 0.2) is 0 Å². The Morgan fingerprint density at radius 3 is 2.45 bits per heavy atom. The maximum atomic E-state index is 13.7. The van der Waals surface area contributed by atoms with Crippen LogP contribution in [0.15, 0.2) is 65.6 Å². The van der Waals surface area contributed by atoms with Crippen molar-refractivity contribution >= 4 is 17.6 Å². The van der Waals surface area contributed by atoms with Crippen molar-refractivity contribution in [3.05, 3.63) is 83.2 Å². The smallest absolute Gasteiger partial charge is 0.312 e. The van der Waals surface area contributed by atoms with E-state index in [1.54, 1.807) is 11.9 Å². The van der Waals surface area contributed by atoms with Gasteiger partial charge in [-0.1, -0.05) is 30.3 Å². The zero-order valence-corrected chi connectivity index (χ0v) is 16.6. The number of fused-ring (bicyclic) bond motifs is 1. The fourth-order valence-corrected chi connectivity index (χ4v) is 4.66. The van der Waals surface area contributed by atoms with E-state index in [9.17, 15) is 17.6 Å². The van der Waals surface area contributed by atoms with Gasteiger partial charge in [0.1, 0.15) is 5.82 Å². The molecule has 1 nitrogen and oxygen atoms in total. The minimum atomic E-state index is -4.72. The number of hydrogen-bond donors (Lipinski definition) is 0. The van der Waals surface area contributed by atoms with Crippen molar-refractivity contribution in [1.82, 2.24) is 0 Å². The Morgan fingerprint density at radius 1 is 0.931 bits per heavy atom. The van der Waals surface area contributed by atoms with Gasteiger partial charge >= 0.3 is 6.18 Å². The van der Waals surface area contributed by atoms with E-state index < -0.39 is 17.6 Å². The average molecular weight is 417 g/mol. The highest BCUT2D eigenvalue weighted by atomic mass is 32.2. The van der Waals surface area contributed by atoms with Gasteiger partial charge < -0.3 is 4.31 Å². The number of benzene rings is 3. The van der Waals surface area contributed by atoms with E-state index in [0.29, 0.717) is 11.1 Å². The summed E-state index contributed by atoms with van der Waals surface area (Å²) in [7, 11) is 0. The first-order valence-corrected chi connectivity index (χ1v) is 10.1. The van der Waals surface area contributed by atoms with Gasteiger partial charge in [0.05, 0.1) is 11.3 Å². The number of alkyl halides is 3. The average Bonchev–Trinajstić information content (AvgIpc) is 2.67. The lowest BCUT2D eigenvalue weighted by Gasteiger charge is -2.30. The quantitative estimate of drug-likeness (QED) is 0.325. The lowest BCUT2D eigenvalue weighted by molar-refractivity contribution is -0.139. The Hall–Kier alpha value is -2.47. The Morgan fingerprint density at radius 2 is 1.69 bits per heavy atom. The van der Waals surface area contributed by atoms with Gasteiger partial charge in [-0.25, -0.2) is 4.39 Å². The fourth-order valence-electron chi connectivity index (χ4n) is 3.54. The third kappa shape index (κ3) is 4.27. The molecule has 0 bridgehead atoms. The van der Waals surface area contributed by atoms with Crippen LogP contribution in [-0.4, -0.2) is 6.54 Å². The molecule has 0 saturated heterocycles. The summed E-state index contributed by atoms with van der Waals surface area (Å²) in [5.41, 5.74) is 3.10. The second-order valence-corrected chi connectivity index (χ2v) is 8.24. The lowest BCUT2D eigenvalue weighted by atomic mass is 9.97. The van der Waals surface area contributed by atoms with E-state index in [1.807, 2.05) is 43.3 Å². The highest BCUT2D eigenvalue weighted by molar-refractivity contribution is 8.00. The molecule has 3 aromatic rings. The topological polar surface area (TPSA) is 3.24 Å². The standard InChI is InChI=1S/C23H19F4NS/c1-15-4-2-6-19(12-15)29-28-11-3-5-16-7-8-18(14-22(16)28)17-9-10-21(24)20(13-17)23(25,26)27/h2,4,6-10,12-14H,3,5,11H2,1H3. The summed E-state index contributed by atoms with van der Waals surface area (Å²) in [5.74, 6) is -1.25. The van der Waals surface area contributed by atoms with Gasteiger partial charge in [-0.15, -0.1) is 0 Å². The van der Waals surface area contributed by atoms with Gasteiger partial charge in [-0.05, 0) is 84.3 Å². The summed E-state index contributed by atoms with van der Waals surface area (Å²) >= 11 is 1.63. The van der Waals surface area contributed by atoms with Crippen molar-refractivity contribution in [3.8, 4) is 11.1 Å². The summed E-state index contributed by atoms with van der Waals surface area (Å²) in [6, 6.07) is 17.1. The van der Waals surface area contributed by atoms with Crippen LogP contribution >= 0.6 is 11.9 Å². The van der Waals surface area contributed by atoms with Crippen LogP contribution in [0.3, 0.4) is 0 Å². The van der Waals surface area contributed by atoms with E-state index >= 15 is 0 Å². The summed E-state index contributed by atoms with van der Waals surface area (Å²) in [4.78, 5) is 1.12. The van der Waals surface area contributed by atoms with Crippen molar-refractivity contribution in [2.45, 2.75) is 30.8 Å². The van der Waals surface area contributed by atoms with Crippen molar-refractivity contribution in [2.24, 2.45) is 0 Å². The molecule has 0 saturated carbocycles. The van der Waals surface area contributed by atoms with Crippen LogP contribution in [0.5, 0.6) is 0 Å². The normalized spacial score (nSPS) is 14.0. The molecule has 3 aromatic carbocycles. The molecule has 0 radical (unpaired) electrons. The molecule has 0 unspecified atom stereocenters. The molecular formula is C23H19F4NS. The molecule has 4 rings (SSSR count). The molecule has 1 aliphatic rings. The highest BCUT2D eigenvalue weighted by Crippen LogP contribution is 2.39. The highest BCUT2D eigenvalue weighted by Gasteiger charge is 2.34. The Balaban J connectivity index is 1.70. The molecule has 0 aromatic heterocycles. The van der Waals surface area contributed by atoms with Crippen LogP contribution < -0.4 is 4.31 Å². The van der Waals surface area contributed by atoms with Crippen LogP contribution in [0.1, 0.15) is 23.1 Å². The van der Waals surface area contributed by atoms with E-state index in [-0.39, 0.29) is 0 Å². The van der Waals surface area contributed by atoms with Crippen LogP contribution in [0.25, 0.3) is 11.1 Å². The number of nitrogens with zero attached hydrogens (tertiary/aromatic N) is 1. The third-order valence-electron chi connectivity index (χ3n) is 4.97. The fraction of sp³-hybridized carbons (Fsp3) is 0.217. The molecule has 1 heterocycles. The molecule has 0 atom stereocenters. The number of rotatable bonds is 3. The van der Waals surface area contributed by atoms with Crippen LogP contribution in [0, 0.1) is 12.7 Å². The summed E-state index contributed by atoms with van der Waals surface area (Å²) in [6.07, 6.45) is -2.78. The van der Waals surface area contributed by atoms with Crippen LogP contribution in [-0.2, 0) is 12.6 Å². The number of anilines is 1. The van der Waals surface area contributed by atoms with Gasteiger partial charge in [0, 0.05) is 11.4 Å². The molecular weight excluding hydrogens is 398 g/mol. The predicted octanol–water partition coefficient (Wildman–Crippen LogP) is 7.28. The van der Waals surface area contributed by atoms with E-state index in [4.69, 9.17) is 0 Å². The van der Waals surface area contributed by atoms with Gasteiger partial charge in [0.25, 0.3) is 0 Å². The molecule has 0 spiro atoms. The first-order valence-electron chi connectivity index (χ1n) is 9.33. The summed E-state index contributed by atoms with van der Waals surface area (Å²) < 4.78 is 55.2. The molecule has 150 valence electrons. The lowest BCUT2D eigenvalue weighted by Crippen LogP contribution is -2.22. The van der Waals surface area contributed by atoms with E-state index in [2.05, 4.69) is 10.4 Å². The Kier molecular flexibility index (Phi) is 5.30. The molecule has 0 N–H and O–H groups in total. The largest absolute Gasteiger partial charge is 0.419 e. The maximum absolute atomic E-state index is 13.7. The van der Waals surface area contributed by atoms with E-state index in [0.717, 1.165) is 42.1 Å². The Labute approximate surface area is 171 Å². The minimum Gasteiger partial charge on any atom is -0.312 e. The van der Waals surface area contributed by atoms with Crippen molar-refractivity contribution in [3.63, 3.8) is 0 Å². The second-order valence-electron chi connectivity index (χ2n) is 7.15. The summed E-state index contributed by atoms with van der Waals surface area (Å²) in [6.45, 7) is 2.89. The van der Waals surface area contributed by atoms with E-state index in [1.165, 1.54) is 17.2 Å². The number of hydrogen-bond acceptors (Lipinski definition) is 2. The third-order valence-corrected chi connectivity index (χ3v) is 6.04. The molecule has 0 amide bonds. The molecule has 29 heavy (non-hydrogen) atoms. The van der Waals surface area contributed by atoms with Gasteiger partial charge in [0.2, 0.25) is 0 Å². The zero-order chi connectivity index (χ0) is 20.6. The molecule has 0 aliphatic carbocycles.